The molecule has 1 atom stereocenters. The third kappa shape index (κ3) is 4.36. The first kappa shape index (κ1) is 13.2. The molecule has 0 saturated carbocycles. The summed E-state index contributed by atoms with van der Waals surface area (Å²) in [6.45, 7) is 0. The minimum absolute atomic E-state index is 0.0455. The summed E-state index contributed by atoms with van der Waals surface area (Å²) in [5.74, 6) is -1.12. The lowest BCUT2D eigenvalue weighted by atomic mass is 10.1. The van der Waals surface area contributed by atoms with Crippen LogP contribution in [-0.2, 0) is 19.4 Å². The zero-order valence-corrected chi connectivity index (χ0v) is 10.1. The molecular formula is C8H13ClN2O4S. The van der Waals surface area contributed by atoms with Gasteiger partial charge in [-0.2, -0.15) is 0 Å². The molecule has 0 bridgehead atoms. The van der Waals surface area contributed by atoms with Crippen LogP contribution in [0.15, 0.2) is 0 Å². The van der Waals surface area contributed by atoms with Gasteiger partial charge in [0, 0.05) is 6.42 Å². The molecule has 1 aliphatic rings. The molecule has 1 heterocycles. The van der Waals surface area contributed by atoms with Crippen LogP contribution < -0.4 is 10.9 Å². The Morgan fingerprint density at radius 3 is 2.38 bits per heavy atom. The lowest BCUT2D eigenvalue weighted by Crippen LogP contribution is -2.42. The van der Waals surface area contributed by atoms with E-state index in [-0.39, 0.29) is 29.7 Å². The third-order valence-electron chi connectivity index (χ3n) is 2.26. The average Bonchev–Trinajstić information content (AvgIpc) is 2.54. The summed E-state index contributed by atoms with van der Waals surface area (Å²) in [7, 11) is -2.97. The van der Waals surface area contributed by atoms with Gasteiger partial charge in [0.05, 0.1) is 11.5 Å². The maximum absolute atomic E-state index is 11.3. The number of alkyl halides is 1. The summed E-state index contributed by atoms with van der Waals surface area (Å²) < 4.78 is 22.2. The number of halogens is 1. The minimum atomic E-state index is -2.97. The van der Waals surface area contributed by atoms with Gasteiger partial charge in [0.15, 0.2) is 9.84 Å². The summed E-state index contributed by atoms with van der Waals surface area (Å²) in [5.41, 5.74) is 4.28. The van der Waals surface area contributed by atoms with Crippen LogP contribution in [0.25, 0.3) is 0 Å². The third-order valence-corrected chi connectivity index (χ3v) is 4.34. The Bertz CT molecular complexity index is 381. The van der Waals surface area contributed by atoms with Crippen molar-refractivity contribution in [3.63, 3.8) is 0 Å². The van der Waals surface area contributed by atoms with Crippen LogP contribution in [0, 0.1) is 5.92 Å². The molecule has 92 valence electrons. The number of rotatable bonds is 3. The summed E-state index contributed by atoms with van der Waals surface area (Å²) in [6, 6.07) is 0. The number of sulfone groups is 1. The fourth-order valence-electron chi connectivity index (χ4n) is 1.52. The maximum atomic E-state index is 11.3. The van der Waals surface area contributed by atoms with Crippen LogP contribution in [0.5, 0.6) is 0 Å². The molecule has 1 aliphatic heterocycles. The molecule has 0 aromatic heterocycles. The van der Waals surface area contributed by atoms with E-state index >= 15 is 0 Å². The molecule has 2 amide bonds. The van der Waals surface area contributed by atoms with Gasteiger partial charge in [-0.05, 0) is 12.3 Å². The molecule has 16 heavy (non-hydrogen) atoms. The highest BCUT2D eigenvalue weighted by Crippen LogP contribution is 2.21. The van der Waals surface area contributed by atoms with E-state index in [0.29, 0.717) is 6.42 Å². The number of hydrogen-bond acceptors (Lipinski definition) is 4. The van der Waals surface area contributed by atoms with Crippen LogP contribution in [0.4, 0.5) is 0 Å². The van der Waals surface area contributed by atoms with Gasteiger partial charge in [0.25, 0.3) is 5.91 Å². The first-order chi connectivity index (χ1) is 7.43. The van der Waals surface area contributed by atoms with E-state index in [0.717, 1.165) is 0 Å². The van der Waals surface area contributed by atoms with Crippen molar-refractivity contribution >= 4 is 33.3 Å². The van der Waals surface area contributed by atoms with E-state index in [4.69, 9.17) is 11.6 Å². The standard InChI is InChI=1S/C8H13ClN2O4S/c9-4-8(13)11-10-7(12)3-6-1-2-16(14,15)5-6/h6H,1-5H2,(H,10,12)(H,11,13). The zero-order chi connectivity index (χ0) is 12.2. The van der Waals surface area contributed by atoms with Gasteiger partial charge >= 0.3 is 0 Å². The molecule has 1 saturated heterocycles. The predicted molar refractivity (Wildman–Crippen MR) is 58.4 cm³/mol. The highest BCUT2D eigenvalue weighted by molar-refractivity contribution is 7.91. The Hall–Kier alpha value is -0.820. The Kier molecular flexibility index (Phi) is 4.55. The number of nitrogens with one attached hydrogen (secondary N) is 2. The Morgan fingerprint density at radius 1 is 1.25 bits per heavy atom. The first-order valence-corrected chi connectivity index (χ1v) is 7.12. The highest BCUT2D eigenvalue weighted by Gasteiger charge is 2.29. The van der Waals surface area contributed by atoms with Crippen LogP contribution in [0.1, 0.15) is 12.8 Å². The zero-order valence-electron chi connectivity index (χ0n) is 8.53. The van der Waals surface area contributed by atoms with Crippen molar-refractivity contribution in [1.29, 1.82) is 0 Å². The molecule has 1 fully saturated rings. The van der Waals surface area contributed by atoms with Crippen molar-refractivity contribution < 1.29 is 18.0 Å². The molecule has 8 heteroatoms. The summed E-state index contributed by atoms with van der Waals surface area (Å²) in [6.07, 6.45) is 0.598. The van der Waals surface area contributed by atoms with Gasteiger partial charge in [0.2, 0.25) is 5.91 Å². The quantitative estimate of drug-likeness (QED) is 0.518. The second kappa shape index (κ2) is 5.49. The molecule has 0 radical (unpaired) electrons. The fraction of sp³-hybridized carbons (Fsp3) is 0.750. The summed E-state index contributed by atoms with van der Waals surface area (Å²) in [4.78, 5) is 22.0. The normalized spacial score (nSPS) is 22.7. The van der Waals surface area contributed by atoms with Crippen LogP contribution in [0.2, 0.25) is 0 Å². The molecule has 6 nitrogen and oxygen atoms in total. The van der Waals surface area contributed by atoms with Crippen LogP contribution in [-0.4, -0.2) is 37.6 Å². The lowest BCUT2D eigenvalue weighted by Gasteiger charge is -2.08. The number of carbonyl (C=O) groups is 2. The molecule has 1 rings (SSSR count). The van der Waals surface area contributed by atoms with Crippen molar-refractivity contribution in [3.05, 3.63) is 0 Å². The van der Waals surface area contributed by atoms with Gasteiger partial charge in [-0.3, -0.25) is 20.4 Å². The number of carbonyl (C=O) groups excluding carboxylic acids is 2. The minimum Gasteiger partial charge on any atom is -0.273 e. The Morgan fingerprint density at radius 2 is 1.88 bits per heavy atom. The number of hydrogen-bond donors (Lipinski definition) is 2. The molecule has 1 unspecified atom stereocenters. The largest absolute Gasteiger partial charge is 0.273 e. The monoisotopic (exact) mass is 268 g/mol. The van der Waals surface area contributed by atoms with E-state index in [9.17, 15) is 18.0 Å². The molecular weight excluding hydrogens is 256 g/mol. The van der Waals surface area contributed by atoms with E-state index in [1.54, 1.807) is 0 Å². The van der Waals surface area contributed by atoms with Crippen LogP contribution in [0.3, 0.4) is 0 Å². The van der Waals surface area contributed by atoms with Gasteiger partial charge < -0.3 is 0 Å². The van der Waals surface area contributed by atoms with Crippen molar-refractivity contribution in [2.45, 2.75) is 12.8 Å². The van der Waals surface area contributed by atoms with Gasteiger partial charge in [-0.1, -0.05) is 0 Å². The number of amides is 2. The Labute approximate surface area is 98.6 Å². The van der Waals surface area contributed by atoms with Crippen LogP contribution >= 0.6 is 11.6 Å². The van der Waals surface area contributed by atoms with Gasteiger partial charge in [-0.15, -0.1) is 11.6 Å². The average molecular weight is 269 g/mol. The molecule has 0 spiro atoms. The Balaban J connectivity index is 2.28. The van der Waals surface area contributed by atoms with E-state index in [1.807, 2.05) is 0 Å². The SMILES string of the molecule is O=C(CCl)NNC(=O)CC1CCS(=O)(=O)C1. The predicted octanol–water partition coefficient (Wildman–Crippen LogP) is -0.803. The number of hydrazine groups is 1. The van der Waals surface area contributed by atoms with E-state index in [2.05, 4.69) is 10.9 Å². The maximum Gasteiger partial charge on any atom is 0.253 e. The summed E-state index contributed by atoms with van der Waals surface area (Å²) in [5, 5.41) is 0. The molecule has 2 N–H and O–H groups in total. The smallest absolute Gasteiger partial charge is 0.253 e. The second-order valence-electron chi connectivity index (χ2n) is 3.70. The van der Waals surface area contributed by atoms with Crippen molar-refractivity contribution in [2.24, 2.45) is 5.92 Å². The lowest BCUT2D eigenvalue weighted by molar-refractivity contribution is -0.128. The second-order valence-corrected chi connectivity index (χ2v) is 6.20. The molecule has 0 aromatic carbocycles. The fourth-order valence-corrected chi connectivity index (χ4v) is 3.45. The molecule has 0 aromatic rings. The highest BCUT2D eigenvalue weighted by atomic mass is 35.5. The van der Waals surface area contributed by atoms with Crippen molar-refractivity contribution in [2.75, 3.05) is 17.4 Å². The van der Waals surface area contributed by atoms with Crippen molar-refractivity contribution in [1.82, 2.24) is 10.9 Å². The van der Waals surface area contributed by atoms with Gasteiger partial charge in [0.1, 0.15) is 5.88 Å². The summed E-state index contributed by atoms with van der Waals surface area (Å²) >= 11 is 5.20. The molecule has 0 aliphatic carbocycles. The van der Waals surface area contributed by atoms with Crippen molar-refractivity contribution in [3.8, 4) is 0 Å². The van der Waals surface area contributed by atoms with E-state index < -0.39 is 21.7 Å². The topological polar surface area (TPSA) is 92.3 Å². The first-order valence-electron chi connectivity index (χ1n) is 4.77. The van der Waals surface area contributed by atoms with E-state index in [1.165, 1.54) is 0 Å². The van der Waals surface area contributed by atoms with Gasteiger partial charge in [-0.25, -0.2) is 8.42 Å².